The number of halogens is 1. The Kier molecular flexibility index (Phi) is 5.39. The first-order valence-corrected chi connectivity index (χ1v) is 10.4. The molecular formula is C17H19FN2O3S2. The Bertz CT molecular complexity index is 814. The van der Waals surface area contributed by atoms with Gasteiger partial charge in [0.2, 0.25) is 5.91 Å². The van der Waals surface area contributed by atoms with E-state index in [0.29, 0.717) is 0 Å². The first-order valence-electron chi connectivity index (χ1n) is 8.08. The van der Waals surface area contributed by atoms with Gasteiger partial charge in [-0.25, -0.2) is 12.8 Å². The minimum Gasteiger partial charge on any atom is -0.352 e. The van der Waals surface area contributed by atoms with Crippen LogP contribution >= 0.6 is 11.3 Å². The molecule has 0 aliphatic heterocycles. The van der Waals surface area contributed by atoms with Gasteiger partial charge < -0.3 is 5.32 Å². The predicted octanol–water partition coefficient (Wildman–Crippen LogP) is 3.14. The van der Waals surface area contributed by atoms with Crippen LogP contribution in [-0.4, -0.2) is 26.9 Å². The average molecular weight is 382 g/mol. The lowest BCUT2D eigenvalue weighted by atomic mass is 10.2. The monoisotopic (exact) mass is 382 g/mol. The van der Waals surface area contributed by atoms with Crippen molar-refractivity contribution in [3.63, 3.8) is 0 Å². The van der Waals surface area contributed by atoms with Crippen LogP contribution in [0.4, 0.5) is 10.1 Å². The summed E-state index contributed by atoms with van der Waals surface area (Å²) in [4.78, 5) is 12.4. The zero-order valence-corrected chi connectivity index (χ0v) is 15.2. The van der Waals surface area contributed by atoms with Crippen molar-refractivity contribution in [3.05, 3.63) is 47.6 Å². The minimum absolute atomic E-state index is 0.104. The van der Waals surface area contributed by atoms with E-state index >= 15 is 0 Å². The van der Waals surface area contributed by atoms with Crippen molar-refractivity contribution >= 4 is 33.0 Å². The molecule has 0 bridgehead atoms. The summed E-state index contributed by atoms with van der Waals surface area (Å²) in [5.74, 6) is -0.816. The Morgan fingerprint density at radius 3 is 2.48 bits per heavy atom. The molecule has 1 aliphatic rings. The van der Waals surface area contributed by atoms with Crippen LogP contribution < -0.4 is 9.62 Å². The molecule has 0 unspecified atom stereocenters. The third kappa shape index (κ3) is 4.19. The van der Waals surface area contributed by atoms with Crippen molar-refractivity contribution in [3.8, 4) is 0 Å². The predicted molar refractivity (Wildman–Crippen MR) is 95.6 cm³/mol. The molecule has 0 saturated heterocycles. The van der Waals surface area contributed by atoms with Gasteiger partial charge >= 0.3 is 0 Å². The van der Waals surface area contributed by atoms with E-state index in [1.807, 2.05) is 0 Å². The van der Waals surface area contributed by atoms with Crippen LogP contribution in [0.1, 0.15) is 25.7 Å². The van der Waals surface area contributed by atoms with Crippen molar-refractivity contribution in [2.24, 2.45) is 0 Å². The van der Waals surface area contributed by atoms with E-state index < -0.39 is 15.8 Å². The number of rotatable bonds is 6. The highest BCUT2D eigenvalue weighted by molar-refractivity contribution is 7.94. The van der Waals surface area contributed by atoms with Crippen molar-refractivity contribution in [1.82, 2.24) is 5.32 Å². The molecule has 1 aromatic heterocycles. The van der Waals surface area contributed by atoms with Crippen LogP contribution in [0.25, 0.3) is 0 Å². The average Bonchev–Trinajstić information content (AvgIpc) is 3.27. The summed E-state index contributed by atoms with van der Waals surface area (Å²) in [6.45, 7) is -0.331. The molecule has 1 N–H and O–H groups in total. The zero-order valence-electron chi connectivity index (χ0n) is 13.5. The van der Waals surface area contributed by atoms with E-state index in [2.05, 4.69) is 5.32 Å². The lowest BCUT2D eigenvalue weighted by Crippen LogP contribution is -2.43. The van der Waals surface area contributed by atoms with Crippen molar-refractivity contribution in [2.75, 3.05) is 10.8 Å². The minimum atomic E-state index is -3.88. The number of thiophene rings is 1. The van der Waals surface area contributed by atoms with E-state index in [9.17, 15) is 17.6 Å². The Labute approximate surface area is 150 Å². The molecule has 0 radical (unpaired) electrons. The van der Waals surface area contributed by atoms with Gasteiger partial charge in [0.1, 0.15) is 16.6 Å². The van der Waals surface area contributed by atoms with Gasteiger partial charge in [-0.1, -0.05) is 18.9 Å². The smallest absolute Gasteiger partial charge is 0.274 e. The number of nitrogens with one attached hydrogen (secondary N) is 1. The molecule has 1 saturated carbocycles. The molecule has 1 aromatic carbocycles. The molecule has 5 nitrogen and oxygen atoms in total. The largest absolute Gasteiger partial charge is 0.352 e. The summed E-state index contributed by atoms with van der Waals surface area (Å²) >= 11 is 1.08. The second kappa shape index (κ2) is 7.53. The highest BCUT2D eigenvalue weighted by Gasteiger charge is 2.29. The molecule has 1 fully saturated rings. The number of carbonyl (C=O) groups excluding carboxylic acids is 1. The highest BCUT2D eigenvalue weighted by Crippen LogP contribution is 2.26. The molecule has 2 aromatic rings. The molecule has 3 rings (SSSR count). The Morgan fingerprint density at radius 1 is 1.20 bits per heavy atom. The fourth-order valence-corrected chi connectivity index (χ4v) is 5.44. The number of hydrogen-bond acceptors (Lipinski definition) is 4. The first-order chi connectivity index (χ1) is 12.0. The van der Waals surface area contributed by atoms with Gasteiger partial charge in [-0.05, 0) is 48.6 Å². The Morgan fingerprint density at radius 2 is 1.88 bits per heavy atom. The summed E-state index contributed by atoms with van der Waals surface area (Å²) in [7, 11) is -3.88. The van der Waals surface area contributed by atoms with Gasteiger partial charge in [-0.15, -0.1) is 11.3 Å². The molecule has 1 heterocycles. The summed E-state index contributed by atoms with van der Waals surface area (Å²) in [6, 6.07) is 8.33. The summed E-state index contributed by atoms with van der Waals surface area (Å²) < 4.78 is 40.2. The van der Waals surface area contributed by atoms with Gasteiger partial charge in [0.15, 0.2) is 0 Å². The standard InChI is InChI=1S/C17H19FN2O3S2/c18-13-7-9-15(10-8-13)20(25(22,23)17-6-3-11-24-17)12-16(21)19-14-4-1-2-5-14/h3,6-11,14H,1-2,4-5,12H2,(H,19,21). The van der Waals surface area contributed by atoms with Crippen LogP contribution in [0.5, 0.6) is 0 Å². The van der Waals surface area contributed by atoms with Gasteiger partial charge in [-0.2, -0.15) is 0 Å². The maximum atomic E-state index is 13.2. The lowest BCUT2D eigenvalue weighted by molar-refractivity contribution is -0.120. The van der Waals surface area contributed by atoms with E-state index in [-0.39, 0.29) is 28.4 Å². The van der Waals surface area contributed by atoms with E-state index in [0.717, 1.165) is 41.3 Å². The van der Waals surface area contributed by atoms with Crippen LogP contribution in [-0.2, 0) is 14.8 Å². The van der Waals surface area contributed by atoms with Crippen LogP contribution in [0.15, 0.2) is 46.0 Å². The van der Waals surface area contributed by atoms with Crippen molar-refractivity contribution in [1.29, 1.82) is 0 Å². The Balaban J connectivity index is 1.86. The van der Waals surface area contributed by atoms with Gasteiger partial charge in [-0.3, -0.25) is 9.10 Å². The third-order valence-corrected chi connectivity index (χ3v) is 7.31. The quantitative estimate of drug-likeness (QED) is 0.835. The van der Waals surface area contributed by atoms with E-state index in [1.165, 1.54) is 30.3 Å². The molecule has 0 spiro atoms. The van der Waals surface area contributed by atoms with Crippen LogP contribution in [0, 0.1) is 5.82 Å². The maximum absolute atomic E-state index is 13.2. The fourth-order valence-electron chi connectivity index (χ4n) is 2.92. The van der Waals surface area contributed by atoms with Crippen LogP contribution in [0.3, 0.4) is 0 Å². The van der Waals surface area contributed by atoms with Crippen molar-refractivity contribution in [2.45, 2.75) is 35.9 Å². The number of sulfonamides is 1. The molecule has 1 aliphatic carbocycles. The molecule has 134 valence electrons. The molecule has 8 heteroatoms. The third-order valence-electron chi connectivity index (χ3n) is 4.16. The normalized spacial score (nSPS) is 15.2. The maximum Gasteiger partial charge on any atom is 0.274 e. The highest BCUT2D eigenvalue weighted by atomic mass is 32.2. The number of carbonyl (C=O) groups is 1. The number of hydrogen-bond donors (Lipinski definition) is 1. The SMILES string of the molecule is O=C(CN(c1ccc(F)cc1)S(=O)(=O)c1cccs1)NC1CCCC1. The van der Waals surface area contributed by atoms with Gasteiger partial charge in [0, 0.05) is 6.04 Å². The zero-order chi connectivity index (χ0) is 17.9. The lowest BCUT2D eigenvalue weighted by Gasteiger charge is -2.24. The molecule has 25 heavy (non-hydrogen) atoms. The second-order valence-electron chi connectivity index (χ2n) is 5.97. The number of benzene rings is 1. The van der Waals surface area contributed by atoms with Crippen LogP contribution in [0.2, 0.25) is 0 Å². The fraction of sp³-hybridized carbons (Fsp3) is 0.353. The second-order valence-corrected chi connectivity index (χ2v) is 9.01. The molecule has 0 atom stereocenters. The topological polar surface area (TPSA) is 66.5 Å². The van der Waals surface area contributed by atoms with Gasteiger partial charge in [0.05, 0.1) is 5.69 Å². The van der Waals surface area contributed by atoms with E-state index in [4.69, 9.17) is 0 Å². The van der Waals surface area contributed by atoms with E-state index in [1.54, 1.807) is 11.4 Å². The number of nitrogens with zero attached hydrogens (tertiary/aromatic N) is 1. The molecule has 1 amide bonds. The molecular weight excluding hydrogens is 363 g/mol. The van der Waals surface area contributed by atoms with Gasteiger partial charge in [0.25, 0.3) is 10.0 Å². The number of amides is 1. The van der Waals surface area contributed by atoms with Crippen molar-refractivity contribution < 1.29 is 17.6 Å². The Hall–Kier alpha value is -1.93. The summed E-state index contributed by atoms with van der Waals surface area (Å²) in [6.07, 6.45) is 3.97. The first kappa shape index (κ1) is 17.9. The summed E-state index contributed by atoms with van der Waals surface area (Å²) in [5, 5.41) is 4.55. The summed E-state index contributed by atoms with van der Waals surface area (Å²) in [5.41, 5.74) is 0.261. The number of anilines is 1.